The maximum atomic E-state index is 11.2. The first-order chi connectivity index (χ1) is 11.8. The minimum atomic E-state index is 0.0565. The van der Waals surface area contributed by atoms with E-state index < -0.39 is 0 Å². The van der Waals surface area contributed by atoms with Crippen molar-refractivity contribution < 1.29 is 9.69 Å². The molecule has 0 bridgehead atoms. The monoisotopic (exact) mass is 326 g/mol. The molecule has 0 saturated carbocycles. The largest absolute Gasteiger partial charge is 0.385 e. The van der Waals surface area contributed by atoms with E-state index >= 15 is 0 Å². The molecule has 1 fully saturated rings. The summed E-state index contributed by atoms with van der Waals surface area (Å²) >= 11 is 0. The van der Waals surface area contributed by atoms with Crippen LogP contribution in [0.1, 0.15) is 64.7 Å². The number of quaternary nitrogens is 1. The number of carbonyl (C=O) groups excluding carboxylic acids is 1. The van der Waals surface area contributed by atoms with Crippen molar-refractivity contribution in [2.24, 2.45) is 0 Å². The van der Waals surface area contributed by atoms with E-state index in [1.54, 1.807) is 0 Å². The Hall–Kier alpha value is -1.85. The summed E-state index contributed by atoms with van der Waals surface area (Å²) < 4.78 is 0. The average molecular weight is 327 g/mol. The third kappa shape index (κ3) is 9.33. The van der Waals surface area contributed by atoms with E-state index in [0.717, 1.165) is 32.1 Å². The highest BCUT2D eigenvalue weighted by molar-refractivity contribution is 5.83. The van der Waals surface area contributed by atoms with E-state index in [0.29, 0.717) is 4.90 Å². The first kappa shape index (κ1) is 20.2. The molecule has 1 aliphatic rings. The Balaban J connectivity index is 1.92. The van der Waals surface area contributed by atoms with E-state index in [1.165, 1.54) is 25.7 Å². The smallest absolute Gasteiger partial charge is 0.222 e. The SMILES string of the molecule is C#C[NH+]1C(=O)C1CC/C=C\C/C=C\C/C=C\C/C=C\CCCCC. The third-order valence-corrected chi connectivity index (χ3v) is 4.08. The summed E-state index contributed by atoms with van der Waals surface area (Å²) in [6, 6.07) is 2.52. The van der Waals surface area contributed by atoms with E-state index in [2.05, 4.69) is 61.6 Å². The molecule has 0 aromatic heterocycles. The predicted molar refractivity (Wildman–Crippen MR) is 102 cm³/mol. The summed E-state index contributed by atoms with van der Waals surface area (Å²) in [5.74, 6) is 0.174. The zero-order valence-corrected chi connectivity index (χ0v) is 15.0. The van der Waals surface area contributed by atoms with Gasteiger partial charge in [-0.1, -0.05) is 74.8 Å². The number of hydrogen-bond acceptors (Lipinski definition) is 1. The van der Waals surface area contributed by atoms with Gasteiger partial charge in [-0.2, -0.15) is 4.90 Å². The van der Waals surface area contributed by atoms with Gasteiger partial charge in [-0.05, 0) is 38.5 Å². The minimum absolute atomic E-state index is 0.0565. The van der Waals surface area contributed by atoms with Crippen molar-refractivity contribution in [3.63, 3.8) is 0 Å². The van der Waals surface area contributed by atoms with Crippen LogP contribution in [0.2, 0.25) is 0 Å². The van der Waals surface area contributed by atoms with Gasteiger partial charge < -0.3 is 0 Å². The molecule has 2 heteroatoms. The Bertz CT molecular complexity index is 505. The average Bonchev–Trinajstić information content (AvgIpc) is 3.23. The standard InChI is InChI=1S/C22H31NO/c1-3-5-6-7-8-9-10-11-12-13-14-15-16-17-18-19-20-21-22(24)23(21)4-2/h2,8-9,11-12,14-15,17-18,21H,3,5-7,10,13,16,19-20H2,1H3/p+1/b9-8-,12-11-,15-14-,18-17-. The van der Waals surface area contributed by atoms with Gasteiger partial charge in [-0.25, -0.2) is 4.79 Å². The lowest BCUT2D eigenvalue weighted by Crippen LogP contribution is -2.90. The van der Waals surface area contributed by atoms with Crippen molar-refractivity contribution in [2.75, 3.05) is 0 Å². The molecule has 1 amide bonds. The van der Waals surface area contributed by atoms with Crippen LogP contribution in [0.3, 0.4) is 0 Å². The second kappa shape index (κ2) is 13.6. The molecule has 130 valence electrons. The molecule has 0 aromatic carbocycles. The summed E-state index contributed by atoms with van der Waals surface area (Å²) in [6.45, 7) is 2.24. The molecule has 2 atom stereocenters. The number of carbonyl (C=O) groups is 1. The van der Waals surface area contributed by atoms with E-state index in [4.69, 9.17) is 6.42 Å². The van der Waals surface area contributed by atoms with Crippen LogP contribution in [0.15, 0.2) is 48.6 Å². The number of amides is 1. The van der Waals surface area contributed by atoms with Gasteiger partial charge in [0.05, 0.1) is 0 Å². The number of unbranched alkanes of at least 4 members (excludes halogenated alkanes) is 3. The molecule has 2 unspecified atom stereocenters. The van der Waals surface area contributed by atoms with E-state index in [-0.39, 0.29) is 11.9 Å². The van der Waals surface area contributed by atoms with Gasteiger partial charge in [-0.3, -0.25) is 0 Å². The van der Waals surface area contributed by atoms with Gasteiger partial charge in [0.2, 0.25) is 6.04 Å². The van der Waals surface area contributed by atoms with Crippen molar-refractivity contribution in [2.45, 2.75) is 70.8 Å². The van der Waals surface area contributed by atoms with Gasteiger partial charge >= 0.3 is 5.91 Å². The fourth-order valence-electron chi connectivity index (χ4n) is 2.52. The fraction of sp³-hybridized carbons (Fsp3) is 0.500. The van der Waals surface area contributed by atoms with Crippen molar-refractivity contribution in [3.05, 3.63) is 48.6 Å². The second-order valence-electron chi connectivity index (χ2n) is 6.14. The number of hydrogen-bond donors (Lipinski definition) is 1. The second-order valence-corrected chi connectivity index (χ2v) is 6.14. The highest BCUT2D eigenvalue weighted by atomic mass is 16.2. The predicted octanol–water partition coefficient (Wildman–Crippen LogP) is 4.13. The Kier molecular flexibility index (Phi) is 11.4. The molecule has 1 rings (SSSR count). The van der Waals surface area contributed by atoms with Gasteiger partial charge in [0, 0.05) is 6.42 Å². The highest BCUT2D eigenvalue weighted by Crippen LogP contribution is 2.03. The summed E-state index contributed by atoms with van der Waals surface area (Å²) in [4.78, 5) is 11.9. The normalized spacial score (nSPS) is 20.8. The number of nitrogens with one attached hydrogen (secondary N) is 1. The van der Waals surface area contributed by atoms with Crippen LogP contribution >= 0.6 is 0 Å². The van der Waals surface area contributed by atoms with Crippen molar-refractivity contribution >= 4 is 5.91 Å². The molecule has 24 heavy (non-hydrogen) atoms. The molecule has 0 spiro atoms. The molecule has 0 aromatic rings. The van der Waals surface area contributed by atoms with Crippen LogP contribution in [0, 0.1) is 12.5 Å². The van der Waals surface area contributed by atoms with Gasteiger partial charge in [-0.15, -0.1) is 0 Å². The first-order valence-electron chi connectivity index (χ1n) is 9.28. The molecule has 0 aliphatic carbocycles. The number of rotatable bonds is 13. The minimum Gasteiger partial charge on any atom is -0.222 e. The summed E-state index contributed by atoms with van der Waals surface area (Å²) in [6.07, 6.45) is 32.8. The Morgan fingerprint density at radius 1 is 0.917 bits per heavy atom. The third-order valence-electron chi connectivity index (χ3n) is 4.08. The first-order valence-corrected chi connectivity index (χ1v) is 9.28. The van der Waals surface area contributed by atoms with E-state index in [1.807, 2.05) is 0 Å². The maximum Gasteiger partial charge on any atom is 0.385 e. The van der Waals surface area contributed by atoms with Crippen LogP contribution in [0.25, 0.3) is 0 Å². The molecule has 1 saturated heterocycles. The Labute approximate surface area is 148 Å². The van der Waals surface area contributed by atoms with Gasteiger partial charge in [0.15, 0.2) is 0 Å². The van der Waals surface area contributed by atoms with Crippen LogP contribution < -0.4 is 4.90 Å². The molecule has 1 aliphatic heterocycles. The summed E-state index contributed by atoms with van der Waals surface area (Å²) in [7, 11) is 0. The Morgan fingerprint density at radius 2 is 1.46 bits per heavy atom. The molecule has 2 nitrogen and oxygen atoms in total. The topological polar surface area (TPSA) is 21.5 Å². The zero-order valence-electron chi connectivity index (χ0n) is 15.0. The van der Waals surface area contributed by atoms with Gasteiger partial charge in [0.25, 0.3) is 0 Å². The highest BCUT2D eigenvalue weighted by Gasteiger charge is 2.53. The van der Waals surface area contributed by atoms with Gasteiger partial charge in [0.1, 0.15) is 6.04 Å². The maximum absolute atomic E-state index is 11.2. The molecule has 1 heterocycles. The lowest BCUT2D eigenvalue weighted by molar-refractivity contribution is -0.652. The quantitative estimate of drug-likeness (QED) is 0.234. The molecule has 1 N–H and O–H groups in total. The molecule has 0 radical (unpaired) electrons. The zero-order chi connectivity index (χ0) is 17.5. The molecular weight excluding hydrogens is 294 g/mol. The van der Waals surface area contributed by atoms with Crippen molar-refractivity contribution in [1.29, 1.82) is 0 Å². The van der Waals surface area contributed by atoms with Crippen LogP contribution in [-0.2, 0) is 4.79 Å². The van der Waals surface area contributed by atoms with Crippen LogP contribution in [-0.4, -0.2) is 11.9 Å². The number of allylic oxidation sites excluding steroid dienone is 8. The van der Waals surface area contributed by atoms with E-state index in [9.17, 15) is 4.79 Å². The molecular formula is C22H32NO+. The fourth-order valence-corrected chi connectivity index (χ4v) is 2.52. The van der Waals surface area contributed by atoms with Crippen LogP contribution in [0.4, 0.5) is 0 Å². The lowest BCUT2D eigenvalue weighted by atomic mass is 10.2. The summed E-state index contributed by atoms with van der Waals surface area (Å²) in [5.41, 5.74) is 0. The van der Waals surface area contributed by atoms with Crippen LogP contribution in [0.5, 0.6) is 0 Å². The summed E-state index contributed by atoms with van der Waals surface area (Å²) in [5, 5.41) is 0. The Morgan fingerprint density at radius 3 is 1.96 bits per heavy atom. The number of terminal acetylenes is 1. The van der Waals surface area contributed by atoms with Crippen molar-refractivity contribution in [3.8, 4) is 12.5 Å². The lowest BCUT2D eigenvalue weighted by Gasteiger charge is -1.90. The van der Waals surface area contributed by atoms with Crippen molar-refractivity contribution in [1.82, 2.24) is 0 Å².